The highest BCUT2D eigenvalue weighted by Gasteiger charge is 2.37. The number of benzene rings is 3. The van der Waals surface area contributed by atoms with Crippen molar-refractivity contribution in [3.05, 3.63) is 97.3 Å². The van der Waals surface area contributed by atoms with Gasteiger partial charge in [0.1, 0.15) is 13.2 Å². The Labute approximate surface area is 243 Å². The Hall–Kier alpha value is -3.27. The van der Waals surface area contributed by atoms with Crippen LogP contribution in [-0.2, 0) is 29.2 Å². The first-order valence-electron chi connectivity index (χ1n) is 12.2. The van der Waals surface area contributed by atoms with Gasteiger partial charge in [0, 0.05) is 23.7 Å². The molecule has 0 saturated carbocycles. The number of halogens is 2. The van der Waals surface area contributed by atoms with Gasteiger partial charge in [-0.05, 0) is 75.1 Å². The van der Waals surface area contributed by atoms with Gasteiger partial charge in [-0.25, -0.2) is 0 Å². The summed E-state index contributed by atoms with van der Waals surface area (Å²) in [6.07, 6.45) is 2.36. The predicted octanol–water partition coefficient (Wildman–Crippen LogP) is 6.31. The van der Waals surface area contributed by atoms with Crippen molar-refractivity contribution in [3.8, 4) is 11.5 Å². The van der Waals surface area contributed by atoms with Crippen molar-refractivity contribution in [3.63, 3.8) is 0 Å². The second kappa shape index (κ2) is 11.9. The van der Waals surface area contributed by atoms with Gasteiger partial charge in [-0.3, -0.25) is 19.3 Å². The molecule has 7 nitrogen and oxygen atoms in total. The molecule has 0 bridgehead atoms. The molecule has 39 heavy (non-hydrogen) atoms. The summed E-state index contributed by atoms with van der Waals surface area (Å²) >= 11 is 10.6. The Morgan fingerprint density at radius 1 is 1.10 bits per heavy atom. The van der Waals surface area contributed by atoms with E-state index in [9.17, 15) is 14.4 Å². The quantitative estimate of drug-likeness (QED) is 0.286. The van der Waals surface area contributed by atoms with Crippen molar-refractivity contribution in [2.45, 2.75) is 19.6 Å². The monoisotopic (exact) mass is 626 g/mol. The van der Waals surface area contributed by atoms with Gasteiger partial charge in [-0.2, -0.15) is 0 Å². The number of rotatable bonds is 7. The van der Waals surface area contributed by atoms with E-state index in [1.54, 1.807) is 29.2 Å². The highest BCUT2D eigenvalue weighted by Crippen LogP contribution is 2.40. The number of methoxy groups -OCH3 is 1. The maximum atomic E-state index is 13.1. The zero-order chi connectivity index (χ0) is 27.5. The minimum Gasteiger partial charge on any atom is -0.493 e. The number of nitrogens with zero attached hydrogens (tertiary/aromatic N) is 2. The lowest BCUT2D eigenvalue weighted by Gasteiger charge is -2.29. The SMILES string of the molecule is COc1cc(/C=C2/SC(=O)N(CC(=O)N3CCc4ccccc4C3)C2=O)cc(Br)c1OCc1ccccc1Cl. The molecular formula is C29H24BrClN2O5S. The summed E-state index contributed by atoms with van der Waals surface area (Å²) in [5.41, 5.74) is 3.77. The first kappa shape index (κ1) is 27.3. The second-order valence-electron chi connectivity index (χ2n) is 9.02. The second-order valence-corrected chi connectivity index (χ2v) is 11.3. The minimum atomic E-state index is -0.495. The number of amides is 3. The number of ether oxygens (including phenoxy) is 2. The Balaban J connectivity index is 1.28. The Morgan fingerprint density at radius 2 is 1.85 bits per heavy atom. The molecule has 2 aliphatic heterocycles. The van der Waals surface area contributed by atoms with Crippen molar-refractivity contribution in [1.82, 2.24) is 9.80 Å². The lowest BCUT2D eigenvalue weighted by atomic mass is 10.00. The van der Waals surface area contributed by atoms with Crippen LogP contribution in [0.1, 0.15) is 22.3 Å². The zero-order valence-electron chi connectivity index (χ0n) is 21.0. The van der Waals surface area contributed by atoms with Crippen molar-refractivity contribution >= 4 is 62.4 Å². The van der Waals surface area contributed by atoms with Crippen molar-refractivity contribution in [2.75, 3.05) is 20.2 Å². The van der Waals surface area contributed by atoms with E-state index in [4.69, 9.17) is 21.1 Å². The van der Waals surface area contributed by atoms with Crippen LogP contribution in [0, 0.1) is 0 Å². The third kappa shape index (κ3) is 6.00. The molecule has 1 saturated heterocycles. The predicted molar refractivity (Wildman–Crippen MR) is 155 cm³/mol. The van der Waals surface area contributed by atoms with Crippen LogP contribution in [0.5, 0.6) is 11.5 Å². The molecule has 3 aromatic rings. The number of hydrogen-bond acceptors (Lipinski definition) is 6. The molecule has 2 aliphatic rings. The van der Waals surface area contributed by atoms with Crippen molar-refractivity contribution in [2.24, 2.45) is 0 Å². The number of imide groups is 1. The van der Waals surface area contributed by atoms with Gasteiger partial charge in [0.05, 0.1) is 16.5 Å². The highest BCUT2D eigenvalue weighted by atomic mass is 79.9. The lowest BCUT2D eigenvalue weighted by Crippen LogP contribution is -2.44. The van der Waals surface area contributed by atoms with Gasteiger partial charge >= 0.3 is 0 Å². The first-order chi connectivity index (χ1) is 18.8. The molecule has 0 unspecified atom stereocenters. The Morgan fingerprint density at radius 3 is 2.62 bits per heavy atom. The van der Waals surface area contributed by atoms with E-state index in [-0.39, 0.29) is 24.0 Å². The minimum absolute atomic E-state index is 0.232. The maximum Gasteiger partial charge on any atom is 0.294 e. The molecule has 10 heteroatoms. The molecule has 0 spiro atoms. The van der Waals surface area contributed by atoms with Crippen LogP contribution in [0.2, 0.25) is 5.02 Å². The molecule has 5 rings (SSSR count). The summed E-state index contributed by atoms with van der Waals surface area (Å²) in [4.78, 5) is 41.7. The molecule has 0 atom stereocenters. The van der Waals surface area contributed by atoms with Crippen LogP contribution in [0.15, 0.2) is 70.0 Å². The topological polar surface area (TPSA) is 76.2 Å². The van der Waals surface area contributed by atoms with Crippen LogP contribution in [0.3, 0.4) is 0 Å². The standard InChI is InChI=1S/C29H24BrClN2O5S/c1-37-24-13-18(12-22(30)27(24)38-17-21-8-4-5-9-23(21)31)14-25-28(35)33(29(36)39-25)16-26(34)32-11-10-19-6-2-3-7-20(19)15-32/h2-9,12-14H,10-11,15-17H2,1H3/b25-14+. The van der Waals surface area contributed by atoms with Gasteiger partial charge < -0.3 is 14.4 Å². The first-order valence-corrected chi connectivity index (χ1v) is 14.2. The van der Waals surface area contributed by atoms with E-state index >= 15 is 0 Å². The summed E-state index contributed by atoms with van der Waals surface area (Å²) in [6, 6.07) is 18.9. The summed E-state index contributed by atoms with van der Waals surface area (Å²) < 4.78 is 12.1. The van der Waals surface area contributed by atoms with Crippen LogP contribution < -0.4 is 9.47 Å². The van der Waals surface area contributed by atoms with E-state index in [2.05, 4.69) is 22.0 Å². The molecule has 0 N–H and O–H groups in total. The molecule has 1 fully saturated rings. The normalized spacial score (nSPS) is 16.0. The molecule has 3 aromatic carbocycles. The van der Waals surface area contributed by atoms with E-state index in [1.165, 1.54) is 12.7 Å². The fraction of sp³-hybridized carbons (Fsp3) is 0.207. The van der Waals surface area contributed by atoms with Gasteiger partial charge in [-0.1, -0.05) is 54.1 Å². The molecular weight excluding hydrogens is 604 g/mol. The van der Waals surface area contributed by atoms with E-state index in [1.807, 2.05) is 36.4 Å². The molecule has 2 heterocycles. The maximum absolute atomic E-state index is 13.1. The van der Waals surface area contributed by atoms with Crippen LogP contribution in [0.4, 0.5) is 4.79 Å². The fourth-order valence-electron chi connectivity index (χ4n) is 4.46. The smallest absolute Gasteiger partial charge is 0.294 e. The van der Waals surface area contributed by atoms with Gasteiger partial charge in [0.25, 0.3) is 11.1 Å². The van der Waals surface area contributed by atoms with E-state index < -0.39 is 11.1 Å². The Kier molecular flexibility index (Phi) is 8.30. The fourth-order valence-corrected chi connectivity index (χ4v) is 6.06. The molecule has 0 aromatic heterocycles. The van der Waals surface area contributed by atoms with Crippen LogP contribution in [-0.4, -0.2) is 47.1 Å². The molecule has 0 radical (unpaired) electrons. The number of carbonyl (C=O) groups excluding carboxylic acids is 3. The van der Waals surface area contributed by atoms with E-state index in [0.717, 1.165) is 34.2 Å². The summed E-state index contributed by atoms with van der Waals surface area (Å²) in [5.74, 6) is 0.182. The average Bonchev–Trinajstić information content (AvgIpc) is 3.19. The number of thioether (sulfide) groups is 1. The number of hydrogen-bond donors (Lipinski definition) is 0. The largest absolute Gasteiger partial charge is 0.493 e. The van der Waals surface area contributed by atoms with Crippen molar-refractivity contribution < 1.29 is 23.9 Å². The molecule has 0 aliphatic carbocycles. The van der Waals surface area contributed by atoms with Crippen molar-refractivity contribution in [1.29, 1.82) is 0 Å². The third-order valence-electron chi connectivity index (χ3n) is 6.53. The van der Waals surface area contributed by atoms with Gasteiger partial charge in [0.2, 0.25) is 5.91 Å². The number of carbonyl (C=O) groups is 3. The average molecular weight is 628 g/mol. The molecule has 3 amide bonds. The van der Waals surface area contributed by atoms with Gasteiger partial charge in [-0.15, -0.1) is 0 Å². The Bertz CT molecular complexity index is 1490. The molecule has 200 valence electrons. The summed E-state index contributed by atoms with van der Waals surface area (Å²) in [5, 5.41) is 0.131. The zero-order valence-corrected chi connectivity index (χ0v) is 24.1. The lowest BCUT2D eigenvalue weighted by molar-refractivity contribution is -0.136. The summed E-state index contributed by atoms with van der Waals surface area (Å²) in [6.45, 7) is 0.982. The number of fused-ring (bicyclic) bond motifs is 1. The third-order valence-corrected chi connectivity index (χ3v) is 8.39. The van der Waals surface area contributed by atoms with E-state index in [0.29, 0.717) is 39.6 Å². The van der Waals surface area contributed by atoms with Crippen LogP contribution in [0.25, 0.3) is 6.08 Å². The highest BCUT2D eigenvalue weighted by molar-refractivity contribution is 9.10. The summed E-state index contributed by atoms with van der Waals surface area (Å²) in [7, 11) is 1.52. The van der Waals surface area contributed by atoms with Crippen LogP contribution >= 0.6 is 39.3 Å². The van der Waals surface area contributed by atoms with Gasteiger partial charge in [0.15, 0.2) is 11.5 Å².